The molecule has 2 rings (SSSR count). The van der Waals surface area contributed by atoms with Crippen LogP contribution >= 0.6 is 26.6 Å². The zero-order valence-electron chi connectivity index (χ0n) is 12.2. The molecule has 4 nitrogen and oxygen atoms in total. The van der Waals surface area contributed by atoms with Gasteiger partial charge in [-0.05, 0) is 45.0 Å². The second-order valence-corrected chi connectivity index (χ2v) is 9.87. The molecule has 1 fully saturated rings. The lowest BCUT2D eigenvalue weighted by Crippen LogP contribution is -2.18. The highest BCUT2D eigenvalue weighted by atomic mass is 79.9. The minimum atomic E-state index is -3.78. The lowest BCUT2D eigenvalue weighted by Gasteiger charge is -2.09. The fourth-order valence-corrected chi connectivity index (χ4v) is 4.21. The van der Waals surface area contributed by atoms with Crippen molar-refractivity contribution in [3.05, 3.63) is 22.7 Å². The summed E-state index contributed by atoms with van der Waals surface area (Å²) in [6.07, 6.45) is 0. The first-order chi connectivity index (χ1) is 9.39. The highest BCUT2D eigenvalue weighted by Gasteiger charge is 2.68. The molecular weight excluding hydrogens is 378 g/mol. The van der Waals surface area contributed by atoms with Gasteiger partial charge >= 0.3 is 0 Å². The molecule has 1 N–H and O–H groups in total. The van der Waals surface area contributed by atoms with E-state index in [0.717, 1.165) is 0 Å². The van der Waals surface area contributed by atoms with Crippen LogP contribution in [0, 0.1) is 16.7 Å². The molecule has 7 heteroatoms. The van der Waals surface area contributed by atoms with E-state index in [-0.39, 0.29) is 27.6 Å². The first kappa shape index (κ1) is 16.8. The maximum atomic E-state index is 12.4. The van der Waals surface area contributed by atoms with Crippen LogP contribution in [0.5, 0.6) is 0 Å². The smallest absolute Gasteiger partial charge is 0.261 e. The Bertz CT molecular complexity index is 699. The monoisotopic (exact) mass is 393 g/mol. The van der Waals surface area contributed by atoms with Crippen molar-refractivity contribution in [1.82, 2.24) is 0 Å². The van der Waals surface area contributed by atoms with Crippen molar-refractivity contribution in [2.45, 2.75) is 32.6 Å². The minimum absolute atomic E-state index is 0.0128. The predicted molar refractivity (Wildman–Crippen MR) is 86.9 cm³/mol. The fourth-order valence-electron chi connectivity index (χ4n) is 2.81. The van der Waals surface area contributed by atoms with Gasteiger partial charge in [-0.15, -0.1) is 0 Å². The van der Waals surface area contributed by atoms with Crippen LogP contribution in [-0.2, 0) is 13.8 Å². The fraction of sp³-hybridized carbons (Fsp3) is 0.500. The average molecular weight is 395 g/mol. The summed E-state index contributed by atoms with van der Waals surface area (Å²) < 4.78 is 23.0. The molecule has 21 heavy (non-hydrogen) atoms. The van der Waals surface area contributed by atoms with Crippen molar-refractivity contribution in [2.75, 3.05) is 5.32 Å². The summed E-state index contributed by atoms with van der Waals surface area (Å²) in [5.41, 5.74) is 0.425. The van der Waals surface area contributed by atoms with Gasteiger partial charge in [-0.1, -0.05) is 27.7 Å². The third-order valence-electron chi connectivity index (χ3n) is 4.76. The van der Waals surface area contributed by atoms with Crippen molar-refractivity contribution in [1.29, 1.82) is 0 Å². The van der Waals surface area contributed by atoms with Crippen molar-refractivity contribution in [2.24, 2.45) is 16.7 Å². The number of carbonyl (C=O) groups excluding carboxylic acids is 1. The van der Waals surface area contributed by atoms with Gasteiger partial charge in [0.15, 0.2) is 0 Å². The number of amides is 1. The number of carbonyl (C=O) groups is 1. The molecule has 1 aromatic rings. The molecule has 0 atom stereocenters. The minimum Gasteiger partial charge on any atom is -0.325 e. The Morgan fingerprint density at radius 1 is 1.24 bits per heavy atom. The van der Waals surface area contributed by atoms with Crippen LogP contribution in [0.4, 0.5) is 5.69 Å². The van der Waals surface area contributed by atoms with Crippen LogP contribution < -0.4 is 5.32 Å². The number of hydrogen-bond acceptors (Lipinski definition) is 3. The van der Waals surface area contributed by atoms with Gasteiger partial charge in [-0.2, -0.15) is 0 Å². The topological polar surface area (TPSA) is 63.2 Å². The largest absolute Gasteiger partial charge is 0.325 e. The number of rotatable bonds is 3. The molecule has 1 saturated carbocycles. The van der Waals surface area contributed by atoms with Crippen LogP contribution in [-0.4, -0.2) is 14.3 Å². The lowest BCUT2D eigenvalue weighted by molar-refractivity contribution is -0.118. The number of nitrogens with one attached hydrogen (secondary N) is 1. The number of halogens is 2. The van der Waals surface area contributed by atoms with Gasteiger partial charge in [0.1, 0.15) is 0 Å². The Hall–Kier alpha value is -0.590. The van der Waals surface area contributed by atoms with Crippen molar-refractivity contribution >= 4 is 47.3 Å². The quantitative estimate of drug-likeness (QED) is 0.788. The summed E-state index contributed by atoms with van der Waals surface area (Å²) in [7, 11) is 1.51. The molecule has 0 aliphatic heterocycles. The Labute approximate surface area is 137 Å². The van der Waals surface area contributed by atoms with Gasteiger partial charge < -0.3 is 5.32 Å². The first-order valence-corrected chi connectivity index (χ1v) is 9.54. The molecule has 0 radical (unpaired) electrons. The molecule has 1 aliphatic carbocycles. The van der Waals surface area contributed by atoms with Gasteiger partial charge in [-0.3, -0.25) is 4.79 Å². The molecule has 0 spiro atoms. The second kappa shape index (κ2) is 4.96. The van der Waals surface area contributed by atoms with Crippen LogP contribution in [0.15, 0.2) is 27.6 Å². The Morgan fingerprint density at radius 2 is 1.76 bits per heavy atom. The second-order valence-electron chi connectivity index (χ2n) is 6.45. The Kier molecular flexibility index (Phi) is 3.96. The van der Waals surface area contributed by atoms with Crippen molar-refractivity contribution < 1.29 is 13.2 Å². The van der Waals surface area contributed by atoms with Gasteiger partial charge in [-0.25, -0.2) is 8.42 Å². The molecule has 0 heterocycles. The van der Waals surface area contributed by atoms with Crippen LogP contribution in [0.1, 0.15) is 27.7 Å². The van der Waals surface area contributed by atoms with E-state index in [2.05, 4.69) is 48.9 Å². The first-order valence-electron chi connectivity index (χ1n) is 6.44. The van der Waals surface area contributed by atoms with Gasteiger partial charge in [0.25, 0.3) is 9.05 Å². The summed E-state index contributed by atoms with van der Waals surface area (Å²) in [5.74, 6) is -0.138. The molecule has 0 unspecified atom stereocenters. The zero-order chi connectivity index (χ0) is 16.2. The van der Waals surface area contributed by atoms with Crippen LogP contribution in [0.3, 0.4) is 0 Å². The maximum Gasteiger partial charge on any atom is 0.261 e. The molecule has 0 saturated heterocycles. The third kappa shape index (κ3) is 2.85. The number of hydrogen-bond donors (Lipinski definition) is 1. The number of anilines is 1. The molecule has 1 amide bonds. The Morgan fingerprint density at radius 3 is 2.14 bits per heavy atom. The summed E-state index contributed by atoms with van der Waals surface area (Å²) >= 11 is 3.26. The van der Waals surface area contributed by atoms with Crippen LogP contribution in [0.2, 0.25) is 0 Å². The predicted octanol–water partition coefficient (Wildman–Crippen LogP) is 4.00. The van der Waals surface area contributed by atoms with Crippen molar-refractivity contribution in [3.8, 4) is 0 Å². The highest BCUT2D eigenvalue weighted by molar-refractivity contribution is 9.10. The van der Waals surface area contributed by atoms with Crippen LogP contribution in [0.25, 0.3) is 0 Å². The molecular formula is C14H17BrClNO3S. The lowest BCUT2D eigenvalue weighted by atomic mass is 10.0. The average Bonchev–Trinajstić information content (AvgIpc) is 2.70. The summed E-state index contributed by atoms with van der Waals surface area (Å²) in [6, 6.07) is 4.27. The molecule has 1 aromatic carbocycles. The van der Waals surface area contributed by atoms with E-state index in [1.807, 2.05) is 0 Å². The van der Waals surface area contributed by atoms with E-state index in [0.29, 0.717) is 10.2 Å². The zero-order valence-corrected chi connectivity index (χ0v) is 15.4. The summed E-state index contributed by atoms with van der Waals surface area (Å²) in [5, 5.41) is 2.84. The summed E-state index contributed by atoms with van der Waals surface area (Å²) in [6.45, 7) is 8.26. The van der Waals surface area contributed by atoms with E-state index in [1.165, 1.54) is 18.2 Å². The van der Waals surface area contributed by atoms with Crippen molar-refractivity contribution in [3.63, 3.8) is 0 Å². The van der Waals surface area contributed by atoms with Gasteiger partial charge in [0.05, 0.1) is 10.6 Å². The van der Waals surface area contributed by atoms with E-state index in [9.17, 15) is 13.2 Å². The van der Waals surface area contributed by atoms with E-state index >= 15 is 0 Å². The highest BCUT2D eigenvalue weighted by Crippen LogP contribution is 2.68. The maximum absolute atomic E-state index is 12.4. The summed E-state index contributed by atoms with van der Waals surface area (Å²) in [4.78, 5) is 12.4. The molecule has 1 aliphatic rings. The standard InChI is InChI=1S/C14H17BrClNO3S/c1-13(2)11(14(13,3)4)12(18)17-10-6-5-8(7-9(10)15)21(16,19)20/h5-7,11H,1-4H3,(H,17,18). The Balaban J connectivity index is 2.21. The normalized spacial score (nSPS) is 20.1. The molecule has 0 bridgehead atoms. The van der Waals surface area contributed by atoms with E-state index in [4.69, 9.17) is 10.7 Å². The third-order valence-corrected chi connectivity index (χ3v) is 6.77. The van der Waals surface area contributed by atoms with Gasteiger partial charge in [0.2, 0.25) is 5.91 Å². The van der Waals surface area contributed by atoms with Gasteiger partial charge in [0, 0.05) is 21.1 Å². The van der Waals surface area contributed by atoms with E-state index in [1.54, 1.807) is 0 Å². The number of benzene rings is 1. The van der Waals surface area contributed by atoms with E-state index < -0.39 is 9.05 Å². The molecule has 116 valence electrons. The molecule has 0 aromatic heterocycles. The SMILES string of the molecule is CC1(C)C(C(=O)Nc2ccc(S(=O)(=O)Cl)cc2Br)C1(C)C.